The van der Waals surface area contributed by atoms with Crippen LogP contribution >= 0.6 is 0 Å². The predicted molar refractivity (Wildman–Crippen MR) is 31.3 cm³/mol. The van der Waals surface area contributed by atoms with Crippen LogP contribution in [0, 0.1) is 0 Å². The highest BCUT2D eigenvalue weighted by Gasteiger charge is 2.00. The minimum Gasteiger partial charge on any atom is -0.460 e. The third-order valence-electron chi connectivity index (χ3n) is 0.665. The summed E-state index contributed by atoms with van der Waals surface area (Å²) in [5.74, 6) is -0.495. The van der Waals surface area contributed by atoms with Crippen LogP contribution in [-0.4, -0.2) is 19.2 Å². The molecule has 0 aliphatic carbocycles. The molecule has 0 aromatic rings. The van der Waals surface area contributed by atoms with Gasteiger partial charge in [0.15, 0.2) is 0 Å². The van der Waals surface area contributed by atoms with Crippen molar-refractivity contribution in [2.45, 2.75) is 6.92 Å². The van der Waals surface area contributed by atoms with Crippen molar-refractivity contribution >= 4 is 5.97 Å². The summed E-state index contributed by atoms with van der Waals surface area (Å²) >= 11 is 0. The highest BCUT2D eigenvalue weighted by atomic mass is 16.5. The van der Waals surface area contributed by atoms with E-state index in [1.54, 1.807) is 0 Å². The molecule has 0 spiro atoms. The first-order valence-electron chi connectivity index (χ1n) is 2.59. The molecule has 3 nitrogen and oxygen atoms in total. The van der Waals surface area contributed by atoms with Crippen LogP contribution in [0.5, 0.6) is 0 Å². The van der Waals surface area contributed by atoms with Crippen LogP contribution in [0.3, 0.4) is 0 Å². The van der Waals surface area contributed by atoms with Crippen LogP contribution in [0.4, 0.5) is 0 Å². The molecule has 9 heavy (non-hydrogen) atoms. The van der Waals surface area contributed by atoms with Crippen molar-refractivity contribution in [3.8, 4) is 0 Å². The Morgan fingerprint density at radius 3 is 2.56 bits per heavy atom. The van der Waals surface area contributed by atoms with Crippen molar-refractivity contribution in [2.24, 2.45) is 0 Å². The lowest BCUT2D eigenvalue weighted by molar-refractivity contribution is -0.140. The fourth-order valence-electron chi connectivity index (χ4n) is 0.258. The van der Waals surface area contributed by atoms with Crippen molar-refractivity contribution in [3.05, 3.63) is 12.2 Å². The molecular formula is C6H9O3. The van der Waals surface area contributed by atoms with Crippen LogP contribution < -0.4 is 0 Å². The summed E-state index contributed by atoms with van der Waals surface area (Å²) in [5, 5.41) is 9.75. The van der Waals surface area contributed by atoms with E-state index in [1.165, 1.54) is 6.92 Å². The van der Waals surface area contributed by atoms with Gasteiger partial charge in [-0.3, -0.25) is 0 Å². The average molecular weight is 129 g/mol. The standard InChI is InChI=1S/C6H9O3/c1-5(2)6(8)9-4-3-7/h1,3-4H2,2H3. The molecular weight excluding hydrogens is 120 g/mol. The number of hydrogen-bond acceptors (Lipinski definition) is 2. The quantitative estimate of drug-likeness (QED) is 0.412. The lowest BCUT2D eigenvalue weighted by Crippen LogP contribution is -2.07. The summed E-state index contributed by atoms with van der Waals surface area (Å²) in [7, 11) is 0. The van der Waals surface area contributed by atoms with E-state index < -0.39 is 5.97 Å². The van der Waals surface area contributed by atoms with Gasteiger partial charge in [0.25, 0.3) is 0 Å². The molecule has 51 valence electrons. The maximum atomic E-state index is 10.4. The minimum absolute atomic E-state index is 0.0638. The van der Waals surface area contributed by atoms with Gasteiger partial charge in [0.1, 0.15) is 13.2 Å². The van der Waals surface area contributed by atoms with E-state index in [1.807, 2.05) is 0 Å². The molecule has 0 aliphatic heterocycles. The van der Waals surface area contributed by atoms with E-state index in [2.05, 4.69) is 11.3 Å². The summed E-state index contributed by atoms with van der Waals surface area (Å²) in [6, 6.07) is 0. The molecule has 0 N–H and O–H groups in total. The summed E-state index contributed by atoms with van der Waals surface area (Å²) < 4.78 is 4.40. The van der Waals surface area contributed by atoms with Gasteiger partial charge in [-0.2, -0.15) is 0 Å². The maximum Gasteiger partial charge on any atom is 0.333 e. The lowest BCUT2D eigenvalue weighted by atomic mass is 10.4. The smallest absolute Gasteiger partial charge is 0.333 e. The second-order valence-corrected chi connectivity index (χ2v) is 1.62. The van der Waals surface area contributed by atoms with E-state index in [9.17, 15) is 9.90 Å². The fraction of sp³-hybridized carbons (Fsp3) is 0.500. The van der Waals surface area contributed by atoms with Gasteiger partial charge in [-0.05, 0) is 6.92 Å². The van der Waals surface area contributed by atoms with Crippen LogP contribution in [-0.2, 0) is 14.6 Å². The average Bonchev–Trinajstić information content (AvgIpc) is 1.82. The van der Waals surface area contributed by atoms with E-state index >= 15 is 0 Å². The first kappa shape index (κ1) is 8.17. The molecule has 0 bridgehead atoms. The van der Waals surface area contributed by atoms with E-state index in [0.29, 0.717) is 5.57 Å². The number of ether oxygens (including phenoxy) is 1. The lowest BCUT2D eigenvalue weighted by Gasteiger charge is -1.98. The van der Waals surface area contributed by atoms with Crippen LogP contribution in [0.1, 0.15) is 6.92 Å². The number of carbonyl (C=O) groups is 1. The SMILES string of the molecule is C=C(C)C(=O)OCC[O]. The molecule has 0 aromatic carbocycles. The maximum absolute atomic E-state index is 10.4. The van der Waals surface area contributed by atoms with Crippen molar-refractivity contribution in [1.82, 2.24) is 0 Å². The predicted octanol–water partition coefficient (Wildman–Crippen LogP) is 0.536. The van der Waals surface area contributed by atoms with Gasteiger partial charge in [-0.15, -0.1) is 0 Å². The highest BCUT2D eigenvalue weighted by Crippen LogP contribution is 1.90. The van der Waals surface area contributed by atoms with Gasteiger partial charge in [0.2, 0.25) is 0 Å². The van der Waals surface area contributed by atoms with E-state index in [0.717, 1.165) is 0 Å². The van der Waals surface area contributed by atoms with Crippen molar-refractivity contribution in [3.63, 3.8) is 0 Å². The molecule has 0 saturated heterocycles. The Morgan fingerprint density at radius 1 is 1.67 bits per heavy atom. The fourth-order valence-corrected chi connectivity index (χ4v) is 0.258. The largest absolute Gasteiger partial charge is 0.460 e. The first-order valence-corrected chi connectivity index (χ1v) is 2.59. The topological polar surface area (TPSA) is 46.2 Å². The molecule has 0 atom stereocenters. The van der Waals surface area contributed by atoms with Crippen LogP contribution in [0.15, 0.2) is 12.2 Å². The summed E-state index contributed by atoms with van der Waals surface area (Å²) in [6.07, 6.45) is 0. The third-order valence-corrected chi connectivity index (χ3v) is 0.665. The van der Waals surface area contributed by atoms with Gasteiger partial charge >= 0.3 is 5.97 Å². The summed E-state index contributed by atoms with van der Waals surface area (Å²) in [4.78, 5) is 10.4. The Hall–Kier alpha value is -0.830. The van der Waals surface area contributed by atoms with Crippen molar-refractivity contribution < 1.29 is 14.6 Å². The van der Waals surface area contributed by atoms with Crippen LogP contribution in [0.25, 0.3) is 0 Å². The summed E-state index contributed by atoms with van der Waals surface area (Å²) in [6.45, 7) is 4.41. The number of rotatable bonds is 3. The van der Waals surface area contributed by atoms with Crippen molar-refractivity contribution in [2.75, 3.05) is 13.2 Å². The Balaban J connectivity index is 3.39. The van der Waals surface area contributed by atoms with E-state index in [4.69, 9.17) is 0 Å². The van der Waals surface area contributed by atoms with Gasteiger partial charge in [0, 0.05) is 5.57 Å². The monoisotopic (exact) mass is 129 g/mol. The van der Waals surface area contributed by atoms with Gasteiger partial charge in [-0.25, -0.2) is 9.90 Å². The zero-order valence-electron chi connectivity index (χ0n) is 5.35. The summed E-state index contributed by atoms with van der Waals surface area (Å²) in [5.41, 5.74) is 0.323. The van der Waals surface area contributed by atoms with Gasteiger partial charge in [0.05, 0.1) is 0 Å². The molecule has 0 rings (SSSR count). The van der Waals surface area contributed by atoms with E-state index in [-0.39, 0.29) is 13.2 Å². The molecule has 0 aliphatic rings. The molecule has 1 radical (unpaired) electrons. The second kappa shape index (κ2) is 4.09. The Kier molecular flexibility index (Phi) is 3.71. The Bertz CT molecular complexity index is 117. The van der Waals surface area contributed by atoms with Crippen LogP contribution in [0.2, 0.25) is 0 Å². The number of hydrogen-bond donors (Lipinski definition) is 0. The molecule has 0 fully saturated rings. The minimum atomic E-state index is -0.495. The Labute approximate surface area is 53.9 Å². The van der Waals surface area contributed by atoms with Crippen molar-refractivity contribution in [1.29, 1.82) is 0 Å². The second-order valence-electron chi connectivity index (χ2n) is 1.62. The molecule has 0 saturated carbocycles. The molecule has 0 heterocycles. The highest BCUT2D eigenvalue weighted by molar-refractivity contribution is 5.86. The molecule has 3 heteroatoms. The zero-order valence-corrected chi connectivity index (χ0v) is 5.35. The molecule has 0 unspecified atom stereocenters. The number of carbonyl (C=O) groups excluding carboxylic acids is 1. The first-order chi connectivity index (χ1) is 4.18. The van der Waals surface area contributed by atoms with Gasteiger partial charge < -0.3 is 4.74 Å². The normalized spacial score (nSPS) is 8.67. The van der Waals surface area contributed by atoms with Gasteiger partial charge in [-0.1, -0.05) is 6.58 Å². The Morgan fingerprint density at radius 2 is 2.22 bits per heavy atom. The third kappa shape index (κ3) is 3.73. The zero-order chi connectivity index (χ0) is 7.28. The number of esters is 1. The molecule has 0 aromatic heterocycles. The molecule has 0 amide bonds.